The van der Waals surface area contributed by atoms with E-state index in [-0.39, 0.29) is 0 Å². The van der Waals surface area contributed by atoms with Gasteiger partial charge in [0.25, 0.3) is 0 Å². The molecule has 0 spiro atoms. The number of hydrogen-bond acceptors (Lipinski definition) is 3. The summed E-state index contributed by atoms with van der Waals surface area (Å²) in [6.45, 7) is 3.07. The van der Waals surface area contributed by atoms with Gasteiger partial charge in [-0.2, -0.15) is 0 Å². The van der Waals surface area contributed by atoms with Crippen LogP contribution in [-0.4, -0.2) is 30.7 Å². The van der Waals surface area contributed by atoms with E-state index in [4.69, 9.17) is 14.6 Å². The van der Waals surface area contributed by atoms with Gasteiger partial charge in [0, 0.05) is 0 Å². The normalized spacial score (nSPS) is 26.0. The van der Waals surface area contributed by atoms with Crippen LogP contribution in [0.1, 0.15) is 13.3 Å². The van der Waals surface area contributed by atoms with Crippen LogP contribution in [0.15, 0.2) is 0 Å². The molecule has 1 fully saturated rings. The van der Waals surface area contributed by atoms with Crippen LogP contribution in [0.5, 0.6) is 0 Å². The molecule has 1 N–H and O–H groups in total. The molecule has 0 unspecified atom stereocenters. The molecule has 0 aromatic rings. The second kappa shape index (κ2) is 3.15. The molecule has 1 heterocycles. The van der Waals surface area contributed by atoms with E-state index >= 15 is 0 Å². The second-order valence-electron chi connectivity index (χ2n) is 2.20. The van der Waals surface area contributed by atoms with E-state index in [2.05, 4.69) is 0 Å². The molecule has 0 aromatic carbocycles. The summed E-state index contributed by atoms with van der Waals surface area (Å²) in [6.07, 6.45) is 0.0347. The summed E-state index contributed by atoms with van der Waals surface area (Å²) in [6, 6.07) is 0. The van der Waals surface area contributed by atoms with Gasteiger partial charge in [0.2, 0.25) is 0 Å². The Labute approximate surface area is 54.6 Å². The zero-order valence-corrected chi connectivity index (χ0v) is 5.54. The van der Waals surface area contributed by atoms with E-state index in [1.54, 1.807) is 6.92 Å². The molecule has 0 saturated carbocycles. The Morgan fingerprint density at radius 3 is 2.33 bits per heavy atom. The molecule has 3 nitrogen and oxygen atoms in total. The molecule has 3 heteroatoms. The lowest BCUT2D eigenvalue weighted by atomic mass is 10.3. The van der Waals surface area contributed by atoms with Crippen molar-refractivity contribution in [3.63, 3.8) is 0 Å². The van der Waals surface area contributed by atoms with Crippen LogP contribution in [0.4, 0.5) is 0 Å². The Bertz CT molecular complexity index is 76.4. The van der Waals surface area contributed by atoms with Crippen molar-refractivity contribution in [3.05, 3.63) is 0 Å². The van der Waals surface area contributed by atoms with Crippen molar-refractivity contribution in [2.45, 2.75) is 25.7 Å². The van der Waals surface area contributed by atoms with Gasteiger partial charge in [0.05, 0.1) is 13.2 Å². The van der Waals surface area contributed by atoms with Gasteiger partial charge >= 0.3 is 0 Å². The second-order valence-corrected chi connectivity index (χ2v) is 2.20. The van der Waals surface area contributed by atoms with Crippen molar-refractivity contribution in [3.8, 4) is 0 Å². The zero-order chi connectivity index (χ0) is 6.69. The van der Waals surface area contributed by atoms with Crippen molar-refractivity contribution in [2.24, 2.45) is 0 Å². The maximum Gasteiger partial charge on any atom is 0.183 e. The molecular weight excluding hydrogens is 120 g/mol. The number of hydrogen-bond donors (Lipinski definition) is 1. The fraction of sp³-hybridized carbons (Fsp3) is 1.00. The summed E-state index contributed by atoms with van der Waals surface area (Å²) in [7, 11) is 0. The monoisotopic (exact) mass is 132 g/mol. The average molecular weight is 132 g/mol. The highest BCUT2D eigenvalue weighted by molar-refractivity contribution is 4.56. The van der Waals surface area contributed by atoms with Gasteiger partial charge in [-0.25, -0.2) is 0 Å². The third kappa shape index (κ3) is 1.93. The van der Waals surface area contributed by atoms with Gasteiger partial charge in [0.15, 0.2) is 6.29 Å². The van der Waals surface area contributed by atoms with Crippen molar-refractivity contribution in [2.75, 3.05) is 13.2 Å². The van der Waals surface area contributed by atoms with Crippen LogP contribution in [0.3, 0.4) is 0 Å². The first-order valence-electron chi connectivity index (χ1n) is 3.22. The Balaban J connectivity index is 2.23. The summed E-state index contributed by atoms with van der Waals surface area (Å²) in [4.78, 5) is 0. The molecule has 1 saturated heterocycles. The maximum absolute atomic E-state index is 8.93. The van der Waals surface area contributed by atoms with Gasteiger partial charge in [-0.3, -0.25) is 0 Å². The van der Waals surface area contributed by atoms with Gasteiger partial charge in [0.1, 0.15) is 6.10 Å². The molecule has 0 aromatic heterocycles. The average Bonchev–Trinajstić information content (AvgIpc) is 1.90. The summed E-state index contributed by atoms with van der Waals surface area (Å²) >= 11 is 0. The molecule has 9 heavy (non-hydrogen) atoms. The molecule has 0 aliphatic carbocycles. The maximum atomic E-state index is 8.93. The Morgan fingerprint density at radius 2 is 2.00 bits per heavy atom. The molecule has 0 amide bonds. The lowest BCUT2D eigenvalue weighted by molar-refractivity contribution is -0.218. The number of aliphatic hydroxyl groups excluding tert-OH is 1. The first-order chi connectivity index (χ1) is 4.30. The molecule has 54 valence electrons. The van der Waals surface area contributed by atoms with Crippen molar-refractivity contribution in [1.29, 1.82) is 0 Å². The van der Waals surface area contributed by atoms with E-state index in [1.807, 2.05) is 0 Å². The highest BCUT2D eigenvalue weighted by Crippen LogP contribution is 2.07. The van der Waals surface area contributed by atoms with Gasteiger partial charge in [-0.15, -0.1) is 0 Å². The lowest BCUT2D eigenvalue weighted by Crippen LogP contribution is -2.33. The van der Waals surface area contributed by atoms with Crippen LogP contribution < -0.4 is 0 Å². The third-order valence-corrected chi connectivity index (χ3v) is 1.25. The van der Waals surface area contributed by atoms with E-state index in [0.29, 0.717) is 13.2 Å². The van der Waals surface area contributed by atoms with Crippen molar-refractivity contribution < 1.29 is 14.6 Å². The summed E-state index contributed by atoms with van der Waals surface area (Å²) in [5, 5.41) is 8.93. The van der Waals surface area contributed by atoms with Crippen molar-refractivity contribution in [1.82, 2.24) is 0 Å². The Morgan fingerprint density at radius 1 is 1.44 bits per heavy atom. The van der Waals surface area contributed by atoms with Crippen LogP contribution >= 0.6 is 0 Å². The molecule has 1 rings (SSSR count). The summed E-state index contributed by atoms with van der Waals surface area (Å²) in [5.41, 5.74) is 0. The molecule has 1 aliphatic rings. The predicted octanol–water partition coefficient (Wildman–Crippen LogP) is 0.130. The SMILES string of the molecule is C[C@@H](O)C1OCCCO1. The quantitative estimate of drug-likeness (QED) is 0.551. The minimum Gasteiger partial charge on any atom is -0.388 e. The van der Waals surface area contributed by atoms with Gasteiger partial charge in [-0.05, 0) is 13.3 Å². The molecular formula is C6H12O3. The smallest absolute Gasteiger partial charge is 0.183 e. The van der Waals surface area contributed by atoms with E-state index in [0.717, 1.165) is 6.42 Å². The largest absolute Gasteiger partial charge is 0.388 e. The first-order valence-corrected chi connectivity index (χ1v) is 3.22. The number of ether oxygens (including phenoxy) is 2. The number of rotatable bonds is 1. The molecule has 0 bridgehead atoms. The minimum atomic E-state index is -0.509. The molecule has 0 radical (unpaired) electrons. The predicted molar refractivity (Wildman–Crippen MR) is 32.0 cm³/mol. The van der Waals surface area contributed by atoms with Crippen LogP contribution in [-0.2, 0) is 9.47 Å². The third-order valence-electron chi connectivity index (χ3n) is 1.25. The van der Waals surface area contributed by atoms with Crippen LogP contribution in [0.25, 0.3) is 0 Å². The summed E-state index contributed by atoms with van der Waals surface area (Å²) < 4.78 is 10.1. The van der Waals surface area contributed by atoms with Gasteiger partial charge in [-0.1, -0.05) is 0 Å². The molecule has 1 aliphatic heterocycles. The fourth-order valence-electron chi connectivity index (χ4n) is 0.785. The summed E-state index contributed by atoms with van der Waals surface area (Å²) in [5.74, 6) is 0. The highest BCUT2D eigenvalue weighted by atomic mass is 16.7. The van der Waals surface area contributed by atoms with Crippen LogP contribution in [0, 0.1) is 0 Å². The zero-order valence-electron chi connectivity index (χ0n) is 5.54. The molecule has 1 atom stereocenters. The highest BCUT2D eigenvalue weighted by Gasteiger charge is 2.18. The van der Waals surface area contributed by atoms with Crippen molar-refractivity contribution >= 4 is 0 Å². The first kappa shape index (κ1) is 6.99. The Hall–Kier alpha value is -0.120. The van der Waals surface area contributed by atoms with E-state index < -0.39 is 12.4 Å². The standard InChI is InChI=1S/C6H12O3/c1-5(7)6-8-3-2-4-9-6/h5-7H,2-4H2,1H3/t5-/m1/s1. The van der Waals surface area contributed by atoms with Crippen LogP contribution in [0.2, 0.25) is 0 Å². The van der Waals surface area contributed by atoms with E-state index in [1.165, 1.54) is 0 Å². The topological polar surface area (TPSA) is 38.7 Å². The Kier molecular flexibility index (Phi) is 2.45. The number of aliphatic hydroxyl groups is 1. The lowest BCUT2D eigenvalue weighted by Gasteiger charge is -2.24. The minimum absolute atomic E-state index is 0.390. The fourth-order valence-corrected chi connectivity index (χ4v) is 0.785. The van der Waals surface area contributed by atoms with E-state index in [9.17, 15) is 0 Å². The van der Waals surface area contributed by atoms with Gasteiger partial charge < -0.3 is 14.6 Å².